The number of para-hydroxylation sites is 1. The number of fused-ring (bicyclic) bond motifs is 1. The number of benzene rings is 2. The van der Waals surface area contributed by atoms with Crippen LogP contribution in [-0.4, -0.2) is 51.5 Å². The Morgan fingerprint density at radius 3 is 2.74 bits per heavy atom. The Kier molecular flexibility index (Phi) is 7.28. The maximum atomic E-state index is 12.5. The molecule has 0 fully saturated rings. The third-order valence-corrected chi connectivity index (χ3v) is 6.81. The summed E-state index contributed by atoms with van der Waals surface area (Å²) < 4.78 is 13.1. The largest absolute Gasteiger partial charge is 0.497 e. The Labute approximate surface area is 203 Å². The Morgan fingerprint density at radius 2 is 1.94 bits per heavy atom. The zero-order chi connectivity index (χ0) is 24.1. The van der Waals surface area contributed by atoms with Gasteiger partial charge in [0.15, 0.2) is 16.1 Å². The minimum Gasteiger partial charge on any atom is -0.497 e. The number of nitrogens with zero attached hydrogens (tertiary/aromatic N) is 4. The van der Waals surface area contributed by atoms with Crippen LogP contribution in [-0.2, 0) is 18.4 Å². The van der Waals surface area contributed by atoms with Gasteiger partial charge in [0.05, 0.1) is 42.3 Å². The number of nitrogens with one attached hydrogen (secondary N) is 2. The molecule has 176 valence electrons. The molecular formula is C22H22N6O4S2. The molecule has 0 unspecified atom stereocenters. The molecule has 4 rings (SSSR count). The molecule has 0 aliphatic heterocycles. The van der Waals surface area contributed by atoms with E-state index in [1.54, 1.807) is 43.0 Å². The average Bonchev–Trinajstić information content (AvgIpc) is 3.42. The van der Waals surface area contributed by atoms with E-state index >= 15 is 0 Å². The molecule has 0 spiro atoms. The maximum Gasteiger partial charge on any atom is 0.255 e. The summed E-state index contributed by atoms with van der Waals surface area (Å²) in [5.74, 6) is 1.45. The second-order valence-electron chi connectivity index (χ2n) is 7.03. The van der Waals surface area contributed by atoms with Crippen LogP contribution in [0.15, 0.2) is 47.6 Å². The summed E-state index contributed by atoms with van der Waals surface area (Å²) in [6, 6.07) is 12.5. The standard InChI is InChI=1S/C22H22N6O4S2/c1-28-18(11-23-20(30)14-6-4-5-7-16(14)32-3)26-27-22(28)33-12-19(29)25-21-24-15-9-8-13(31-2)10-17(15)34-21/h4-10H,11-12H2,1-3H3,(H,23,30)(H,24,25,29). The highest BCUT2D eigenvalue weighted by atomic mass is 32.2. The second-order valence-corrected chi connectivity index (χ2v) is 9.00. The number of rotatable bonds is 9. The fourth-order valence-electron chi connectivity index (χ4n) is 3.08. The summed E-state index contributed by atoms with van der Waals surface area (Å²) in [7, 11) is 4.91. The van der Waals surface area contributed by atoms with Gasteiger partial charge in [-0.2, -0.15) is 0 Å². The molecule has 0 bridgehead atoms. The fourth-order valence-corrected chi connectivity index (χ4v) is 4.72. The van der Waals surface area contributed by atoms with E-state index in [1.807, 2.05) is 18.2 Å². The molecule has 2 aromatic carbocycles. The summed E-state index contributed by atoms with van der Waals surface area (Å²) >= 11 is 2.63. The number of aromatic nitrogens is 4. The quantitative estimate of drug-likeness (QED) is 0.338. The number of ether oxygens (including phenoxy) is 2. The van der Waals surface area contributed by atoms with Crippen molar-refractivity contribution in [2.75, 3.05) is 25.3 Å². The Balaban J connectivity index is 1.31. The summed E-state index contributed by atoms with van der Waals surface area (Å²) in [6.45, 7) is 0.183. The van der Waals surface area contributed by atoms with Gasteiger partial charge in [-0.05, 0) is 30.3 Å². The normalized spacial score (nSPS) is 10.8. The number of anilines is 1. The van der Waals surface area contributed by atoms with Crippen LogP contribution in [0.5, 0.6) is 11.5 Å². The Morgan fingerprint density at radius 1 is 1.12 bits per heavy atom. The van der Waals surface area contributed by atoms with Crippen molar-refractivity contribution in [1.82, 2.24) is 25.1 Å². The van der Waals surface area contributed by atoms with E-state index in [-0.39, 0.29) is 24.1 Å². The molecule has 0 aliphatic carbocycles. The number of hydrogen-bond acceptors (Lipinski definition) is 9. The molecule has 0 saturated heterocycles. The van der Waals surface area contributed by atoms with E-state index in [9.17, 15) is 9.59 Å². The van der Waals surface area contributed by atoms with Gasteiger partial charge < -0.3 is 24.7 Å². The zero-order valence-electron chi connectivity index (χ0n) is 18.7. The van der Waals surface area contributed by atoms with E-state index < -0.39 is 0 Å². The first-order valence-corrected chi connectivity index (χ1v) is 12.0. The smallest absolute Gasteiger partial charge is 0.255 e. The Bertz CT molecular complexity index is 1340. The van der Waals surface area contributed by atoms with Gasteiger partial charge >= 0.3 is 0 Å². The Hall–Kier alpha value is -3.64. The van der Waals surface area contributed by atoms with Crippen LogP contribution < -0.4 is 20.1 Å². The number of thiazole rings is 1. The summed E-state index contributed by atoms with van der Waals surface area (Å²) in [5, 5.41) is 15.0. The predicted octanol–water partition coefficient (Wildman–Crippen LogP) is 3.10. The molecule has 0 saturated carbocycles. The molecule has 2 N–H and O–H groups in total. The summed E-state index contributed by atoms with van der Waals surface area (Å²) in [4.78, 5) is 29.3. The third-order valence-electron chi connectivity index (χ3n) is 4.86. The number of carbonyl (C=O) groups excluding carboxylic acids is 2. The number of hydrogen-bond donors (Lipinski definition) is 2. The third kappa shape index (κ3) is 5.29. The van der Waals surface area contributed by atoms with Gasteiger partial charge in [-0.25, -0.2) is 4.98 Å². The molecular weight excluding hydrogens is 476 g/mol. The van der Waals surface area contributed by atoms with Gasteiger partial charge in [0.1, 0.15) is 11.5 Å². The summed E-state index contributed by atoms with van der Waals surface area (Å²) in [6.07, 6.45) is 0. The van der Waals surface area contributed by atoms with Crippen molar-refractivity contribution in [3.63, 3.8) is 0 Å². The first-order valence-electron chi connectivity index (χ1n) is 10.1. The topological polar surface area (TPSA) is 120 Å². The van der Waals surface area contributed by atoms with E-state index in [0.29, 0.717) is 27.4 Å². The van der Waals surface area contributed by atoms with E-state index in [1.165, 1.54) is 30.2 Å². The van der Waals surface area contributed by atoms with Crippen molar-refractivity contribution >= 4 is 50.3 Å². The SMILES string of the molecule is COc1ccc2nc(NC(=O)CSc3nnc(CNC(=O)c4ccccc4OC)n3C)sc2c1. The number of thioether (sulfide) groups is 1. The molecule has 12 heteroatoms. The molecule has 2 amide bonds. The van der Waals surface area contributed by atoms with Crippen LogP contribution in [0, 0.1) is 0 Å². The van der Waals surface area contributed by atoms with Gasteiger partial charge in [0.2, 0.25) is 5.91 Å². The van der Waals surface area contributed by atoms with Crippen LogP contribution in [0.25, 0.3) is 10.2 Å². The minimum absolute atomic E-state index is 0.138. The molecule has 0 aliphatic rings. The number of carbonyl (C=O) groups is 2. The monoisotopic (exact) mass is 498 g/mol. The molecule has 0 radical (unpaired) electrons. The van der Waals surface area contributed by atoms with E-state index in [2.05, 4.69) is 25.8 Å². The van der Waals surface area contributed by atoms with Crippen molar-refractivity contribution in [2.45, 2.75) is 11.7 Å². The number of methoxy groups -OCH3 is 2. The second kappa shape index (κ2) is 10.5. The van der Waals surface area contributed by atoms with Gasteiger partial charge in [0, 0.05) is 7.05 Å². The lowest BCUT2D eigenvalue weighted by atomic mass is 10.2. The maximum absolute atomic E-state index is 12.5. The molecule has 10 nitrogen and oxygen atoms in total. The van der Waals surface area contributed by atoms with Crippen LogP contribution in [0.4, 0.5) is 5.13 Å². The zero-order valence-corrected chi connectivity index (χ0v) is 20.3. The van der Waals surface area contributed by atoms with Crippen molar-refractivity contribution in [3.05, 3.63) is 53.9 Å². The molecule has 0 atom stereocenters. The summed E-state index contributed by atoms with van der Waals surface area (Å²) in [5.41, 5.74) is 1.23. The molecule has 34 heavy (non-hydrogen) atoms. The molecule has 2 heterocycles. The highest BCUT2D eigenvalue weighted by molar-refractivity contribution is 7.99. The minimum atomic E-state index is -0.275. The first-order chi connectivity index (χ1) is 16.5. The lowest BCUT2D eigenvalue weighted by Gasteiger charge is -2.09. The van der Waals surface area contributed by atoms with E-state index in [4.69, 9.17) is 9.47 Å². The average molecular weight is 499 g/mol. The van der Waals surface area contributed by atoms with Crippen LogP contribution in [0.3, 0.4) is 0 Å². The van der Waals surface area contributed by atoms with Crippen LogP contribution >= 0.6 is 23.1 Å². The highest BCUT2D eigenvalue weighted by Gasteiger charge is 2.16. The van der Waals surface area contributed by atoms with Gasteiger partial charge in [-0.15, -0.1) is 10.2 Å². The number of amides is 2. The predicted molar refractivity (Wildman–Crippen MR) is 131 cm³/mol. The van der Waals surface area contributed by atoms with Crippen LogP contribution in [0.1, 0.15) is 16.2 Å². The fraction of sp³-hybridized carbons (Fsp3) is 0.227. The van der Waals surface area contributed by atoms with Crippen molar-refractivity contribution in [1.29, 1.82) is 0 Å². The lowest BCUT2D eigenvalue weighted by Crippen LogP contribution is -2.25. The highest BCUT2D eigenvalue weighted by Crippen LogP contribution is 2.29. The lowest BCUT2D eigenvalue weighted by molar-refractivity contribution is -0.113. The molecule has 2 aromatic heterocycles. The first kappa shape index (κ1) is 23.5. The van der Waals surface area contributed by atoms with Crippen LogP contribution in [0.2, 0.25) is 0 Å². The van der Waals surface area contributed by atoms with Crippen molar-refractivity contribution in [2.24, 2.45) is 7.05 Å². The van der Waals surface area contributed by atoms with Gasteiger partial charge in [-0.3, -0.25) is 9.59 Å². The molecule has 4 aromatic rings. The van der Waals surface area contributed by atoms with Gasteiger partial charge in [-0.1, -0.05) is 35.2 Å². The van der Waals surface area contributed by atoms with E-state index in [0.717, 1.165) is 16.0 Å². The van der Waals surface area contributed by atoms with Crippen molar-refractivity contribution < 1.29 is 19.1 Å². The van der Waals surface area contributed by atoms with Crippen molar-refractivity contribution in [3.8, 4) is 11.5 Å². The van der Waals surface area contributed by atoms with Gasteiger partial charge in [0.25, 0.3) is 5.91 Å².